The summed E-state index contributed by atoms with van der Waals surface area (Å²) in [7, 11) is 0. The maximum atomic E-state index is 12.4. The summed E-state index contributed by atoms with van der Waals surface area (Å²) in [6, 6.07) is 15.4. The first-order valence-electron chi connectivity index (χ1n) is 9.67. The highest BCUT2D eigenvalue weighted by Crippen LogP contribution is 2.26. The summed E-state index contributed by atoms with van der Waals surface area (Å²) in [4.78, 5) is 19.4. The van der Waals surface area contributed by atoms with Crippen molar-refractivity contribution in [1.29, 1.82) is 0 Å². The zero-order valence-electron chi connectivity index (χ0n) is 15.8. The van der Waals surface area contributed by atoms with Gasteiger partial charge in [0.05, 0.1) is 24.1 Å². The molecule has 1 N–H and O–H groups in total. The van der Waals surface area contributed by atoms with Crippen molar-refractivity contribution >= 4 is 17.4 Å². The third-order valence-electron chi connectivity index (χ3n) is 5.11. The van der Waals surface area contributed by atoms with Crippen LogP contribution in [0.25, 0.3) is 16.9 Å². The molecule has 29 heavy (non-hydrogen) atoms. The molecule has 4 heterocycles. The summed E-state index contributed by atoms with van der Waals surface area (Å²) in [5, 5.41) is 11.3. The van der Waals surface area contributed by atoms with Crippen LogP contribution in [0.3, 0.4) is 0 Å². The molecule has 1 aliphatic heterocycles. The highest BCUT2D eigenvalue weighted by molar-refractivity contribution is 5.91. The second-order valence-electron chi connectivity index (χ2n) is 6.99. The van der Waals surface area contributed by atoms with Crippen LogP contribution in [0.4, 0.5) is 5.82 Å². The Hall–Kier alpha value is -3.68. The summed E-state index contributed by atoms with van der Waals surface area (Å²) in [6.45, 7) is 2.29. The van der Waals surface area contributed by atoms with Crippen LogP contribution in [0.1, 0.15) is 29.1 Å². The fourth-order valence-electron chi connectivity index (χ4n) is 3.65. The van der Waals surface area contributed by atoms with E-state index in [1.165, 1.54) is 25.1 Å². The van der Waals surface area contributed by atoms with Crippen LogP contribution in [0.2, 0.25) is 0 Å². The van der Waals surface area contributed by atoms with E-state index >= 15 is 0 Å². The molecule has 0 bridgehead atoms. The Kier molecular flexibility index (Phi) is 4.44. The molecule has 0 unspecified atom stereocenters. The first-order valence-corrected chi connectivity index (χ1v) is 9.67. The predicted octanol–water partition coefficient (Wildman–Crippen LogP) is 2.91. The van der Waals surface area contributed by atoms with Gasteiger partial charge >= 0.3 is 0 Å². The van der Waals surface area contributed by atoms with Gasteiger partial charge in [0.2, 0.25) is 5.76 Å². The third kappa shape index (κ3) is 3.33. The molecule has 3 aromatic heterocycles. The molecule has 8 nitrogen and oxygen atoms in total. The Morgan fingerprint density at radius 1 is 1.07 bits per heavy atom. The number of hydrogen-bond donors (Lipinski definition) is 1. The van der Waals surface area contributed by atoms with Gasteiger partial charge in [-0.1, -0.05) is 35.5 Å². The van der Waals surface area contributed by atoms with E-state index in [9.17, 15) is 4.79 Å². The average Bonchev–Trinajstić information content (AvgIpc) is 3.53. The molecular formula is C21H20N6O2. The fourth-order valence-corrected chi connectivity index (χ4v) is 3.65. The normalized spacial score (nSPS) is 13.9. The summed E-state index contributed by atoms with van der Waals surface area (Å²) < 4.78 is 6.78. The van der Waals surface area contributed by atoms with Crippen LogP contribution in [-0.4, -0.2) is 38.8 Å². The minimum Gasteiger partial charge on any atom is -0.355 e. The van der Waals surface area contributed by atoms with Gasteiger partial charge in [0, 0.05) is 24.7 Å². The molecule has 0 radical (unpaired) electrons. The Morgan fingerprint density at radius 2 is 1.90 bits per heavy atom. The van der Waals surface area contributed by atoms with Crippen molar-refractivity contribution in [2.45, 2.75) is 19.4 Å². The molecule has 1 amide bonds. The van der Waals surface area contributed by atoms with Gasteiger partial charge in [-0.15, -0.1) is 5.10 Å². The zero-order chi connectivity index (χ0) is 19.6. The van der Waals surface area contributed by atoms with Gasteiger partial charge in [-0.05, 0) is 25.0 Å². The molecule has 1 aromatic carbocycles. The SMILES string of the molecule is O=C(NCc1c(-c2ccccc2)nc2ccc(N3CCCC3)nn12)c1ccno1. The lowest BCUT2D eigenvalue weighted by molar-refractivity contribution is 0.0913. The van der Waals surface area contributed by atoms with E-state index in [2.05, 4.69) is 15.4 Å². The zero-order valence-corrected chi connectivity index (χ0v) is 15.8. The molecular weight excluding hydrogens is 368 g/mol. The summed E-state index contributed by atoms with van der Waals surface area (Å²) >= 11 is 0. The van der Waals surface area contributed by atoms with Gasteiger partial charge in [0.25, 0.3) is 5.91 Å². The first kappa shape index (κ1) is 17.4. The fraction of sp³-hybridized carbons (Fsp3) is 0.238. The topological polar surface area (TPSA) is 88.6 Å². The molecule has 8 heteroatoms. The smallest absolute Gasteiger partial charge is 0.290 e. The quantitative estimate of drug-likeness (QED) is 0.566. The molecule has 146 valence electrons. The van der Waals surface area contributed by atoms with Crippen molar-refractivity contribution in [3.05, 3.63) is 66.2 Å². The van der Waals surface area contributed by atoms with E-state index in [4.69, 9.17) is 14.6 Å². The molecule has 0 atom stereocenters. The first-order chi connectivity index (χ1) is 14.3. The second kappa shape index (κ2) is 7.38. The van der Waals surface area contributed by atoms with Crippen LogP contribution >= 0.6 is 0 Å². The van der Waals surface area contributed by atoms with Crippen molar-refractivity contribution in [2.75, 3.05) is 18.0 Å². The third-order valence-corrected chi connectivity index (χ3v) is 5.11. The number of nitrogens with one attached hydrogen (secondary N) is 1. The molecule has 0 spiro atoms. The monoisotopic (exact) mass is 388 g/mol. The number of carbonyl (C=O) groups excluding carboxylic acids is 1. The van der Waals surface area contributed by atoms with Crippen molar-refractivity contribution in [2.24, 2.45) is 0 Å². The lowest BCUT2D eigenvalue weighted by Gasteiger charge is -2.16. The highest BCUT2D eigenvalue weighted by atomic mass is 16.5. The molecule has 0 saturated carbocycles. The largest absolute Gasteiger partial charge is 0.355 e. The lowest BCUT2D eigenvalue weighted by atomic mass is 10.1. The van der Waals surface area contributed by atoms with E-state index in [0.29, 0.717) is 0 Å². The second-order valence-corrected chi connectivity index (χ2v) is 6.99. The van der Waals surface area contributed by atoms with E-state index in [-0.39, 0.29) is 18.2 Å². The number of rotatable bonds is 5. The standard InChI is InChI=1S/C21H20N6O2/c28-21(17-10-11-23-29-17)22-14-16-20(15-6-2-1-3-7-15)24-18-8-9-19(25-27(16)18)26-12-4-5-13-26/h1-3,6-11H,4-5,12-14H2,(H,22,28). The van der Waals surface area contributed by atoms with E-state index in [1.807, 2.05) is 47.0 Å². The predicted molar refractivity (Wildman–Crippen MR) is 108 cm³/mol. The Bertz CT molecular complexity index is 1130. The van der Waals surface area contributed by atoms with E-state index in [1.54, 1.807) is 0 Å². The van der Waals surface area contributed by atoms with Crippen LogP contribution in [0.5, 0.6) is 0 Å². The minimum atomic E-state index is -0.327. The summed E-state index contributed by atoms with van der Waals surface area (Å²) in [6.07, 6.45) is 3.81. The number of benzene rings is 1. The highest BCUT2D eigenvalue weighted by Gasteiger charge is 2.20. The number of aromatic nitrogens is 4. The van der Waals surface area contributed by atoms with Crippen LogP contribution in [0.15, 0.2) is 59.3 Å². The molecule has 5 rings (SSSR count). The Balaban J connectivity index is 1.55. The van der Waals surface area contributed by atoms with Gasteiger partial charge in [-0.25, -0.2) is 9.50 Å². The Morgan fingerprint density at radius 3 is 2.66 bits per heavy atom. The number of carbonyl (C=O) groups is 1. The summed E-state index contributed by atoms with van der Waals surface area (Å²) in [5.74, 6) is 0.771. The van der Waals surface area contributed by atoms with Crippen molar-refractivity contribution in [3.8, 4) is 11.3 Å². The van der Waals surface area contributed by atoms with Crippen LogP contribution < -0.4 is 10.2 Å². The molecule has 0 aliphatic carbocycles. The van der Waals surface area contributed by atoms with E-state index < -0.39 is 0 Å². The number of amides is 1. The van der Waals surface area contributed by atoms with Gasteiger partial charge in [-0.3, -0.25) is 4.79 Å². The van der Waals surface area contributed by atoms with Crippen molar-refractivity contribution in [1.82, 2.24) is 25.1 Å². The molecule has 1 saturated heterocycles. The average molecular weight is 388 g/mol. The number of hydrogen-bond acceptors (Lipinski definition) is 6. The van der Waals surface area contributed by atoms with Gasteiger partial charge in [0.1, 0.15) is 5.82 Å². The van der Waals surface area contributed by atoms with Gasteiger partial charge in [-0.2, -0.15) is 0 Å². The van der Waals surface area contributed by atoms with Crippen molar-refractivity contribution in [3.63, 3.8) is 0 Å². The van der Waals surface area contributed by atoms with E-state index in [0.717, 1.165) is 41.5 Å². The maximum Gasteiger partial charge on any atom is 0.290 e. The number of imidazole rings is 1. The number of anilines is 1. The molecule has 1 fully saturated rings. The molecule has 4 aromatic rings. The van der Waals surface area contributed by atoms with Crippen molar-refractivity contribution < 1.29 is 9.32 Å². The number of nitrogens with zero attached hydrogens (tertiary/aromatic N) is 5. The van der Waals surface area contributed by atoms with Crippen LogP contribution in [-0.2, 0) is 6.54 Å². The molecule has 1 aliphatic rings. The Labute approximate surface area is 167 Å². The maximum absolute atomic E-state index is 12.4. The summed E-state index contributed by atoms with van der Waals surface area (Å²) in [5.41, 5.74) is 3.34. The minimum absolute atomic E-state index is 0.172. The number of fused-ring (bicyclic) bond motifs is 1. The lowest BCUT2D eigenvalue weighted by Crippen LogP contribution is -2.24. The van der Waals surface area contributed by atoms with Gasteiger partial charge < -0.3 is 14.7 Å². The van der Waals surface area contributed by atoms with Crippen LogP contribution in [0, 0.1) is 0 Å². The van der Waals surface area contributed by atoms with Gasteiger partial charge in [0.15, 0.2) is 5.65 Å².